The van der Waals surface area contributed by atoms with E-state index in [1.165, 1.54) is 5.56 Å². The predicted octanol–water partition coefficient (Wildman–Crippen LogP) is 2.80. The van der Waals surface area contributed by atoms with Gasteiger partial charge in [-0.3, -0.25) is 0 Å². The summed E-state index contributed by atoms with van der Waals surface area (Å²) in [7, 11) is 2.01. The Kier molecular flexibility index (Phi) is 3.20. The molecule has 2 aromatic rings. The minimum Gasteiger partial charge on any atom is -0.321 e. The number of nitrogens with zero attached hydrogens (tertiary/aromatic N) is 3. The number of halogens is 1. The first-order chi connectivity index (χ1) is 8.70. The van der Waals surface area contributed by atoms with Crippen LogP contribution in [-0.4, -0.2) is 26.3 Å². The van der Waals surface area contributed by atoms with Gasteiger partial charge in [-0.1, -0.05) is 28.1 Å². The van der Waals surface area contributed by atoms with E-state index in [9.17, 15) is 0 Å². The van der Waals surface area contributed by atoms with Crippen molar-refractivity contribution in [3.63, 3.8) is 0 Å². The molecule has 2 heterocycles. The maximum Gasteiger partial charge on any atom is 0.133 e. The van der Waals surface area contributed by atoms with Crippen molar-refractivity contribution in [3.8, 4) is 0 Å². The van der Waals surface area contributed by atoms with Crippen LogP contribution in [0.1, 0.15) is 11.4 Å². The smallest absolute Gasteiger partial charge is 0.133 e. The van der Waals surface area contributed by atoms with E-state index in [0.29, 0.717) is 0 Å². The van der Waals surface area contributed by atoms with Gasteiger partial charge in [0.15, 0.2) is 0 Å². The zero-order chi connectivity index (χ0) is 12.6. The van der Waals surface area contributed by atoms with Crippen molar-refractivity contribution < 1.29 is 0 Å². The van der Waals surface area contributed by atoms with Gasteiger partial charge < -0.3 is 4.57 Å². The highest BCUT2D eigenvalue weighted by Gasteiger charge is 2.40. The van der Waals surface area contributed by atoms with Crippen molar-refractivity contribution >= 4 is 27.7 Å². The predicted molar refractivity (Wildman–Crippen MR) is 77.9 cm³/mol. The Labute approximate surface area is 119 Å². The van der Waals surface area contributed by atoms with Gasteiger partial charge in [-0.25, -0.2) is 0 Å². The lowest BCUT2D eigenvalue weighted by Crippen LogP contribution is -2.43. The van der Waals surface area contributed by atoms with Crippen molar-refractivity contribution in [2.24, 2.45) is 7.05 Å². The molecule has 5 heteroatoms. The van der Waals surface area contributed by atoms with E-state index in [2.05, 4.69) is 50.4 Å². The Bertz CT molecular complexity index is 563. The van der Waals surface area contributed by atoms with Crippen molar-refractivity contribution in [2.75, 3.05) is 11.5 Å². The summed E-state index contributed by atoms with van der Waals surface area (Å²) in [6.07, 6.45) is 2.74. The molecule has 0 aliphatic carbocycles. The lowest BCUT2D eigenvalue weighted by atomic mass is 9.80. The Morgan fingerprint density at radius 1 is 1.44 bits per heavy atom. The normalized spacial score (nSPS) is 17.4. The van der Waals surface area contributed by atoms with E-state index < -0.39 is 0 Å². The minimum atomic E-state index is 0.231. The second-order valence-corrected chi connectivity index (χ2v) is 6.72. The van der Waals surface area contributed by atoms with E-state index in [-0.39, 0.29) is 5.41 Å². The number of hydrogen-bond acceptors (Lipinski definition) is 3. The van der Waals surface area contributed by atoms with Crippen LogP contribution in [0.25, 0.3) is 0 Å². The molecule has 0 N–H and O–H groups in total. The van der Waals surface area contributed by atoms with E-state index in [1.54, 1.807) is 6.33 Å². The van der Waals surface area contributed by atoms with Gasteiger partial charge in [0.25, 0.3) is 0 Å². The molecule has 1 aliphatic rings. The lowest BCUT2D eigenvalue weighted by molar-refractivity contribution is 0.490. The van der Waals surface area contributed by atoms with Crippen molar-refractivity contribution in [3.05, 3.63) is 46.5 Å². The van der Waals surface area contributed by atoms with Crippen LogP contribution in [0.15, 0.2) is 35.1 Å². The zero-order valence-corrected chi connectivity index (χ0v) is 12.5. The molecule has 1 fully saturated rings. The molecule has 0 unspecified atom stereocenters. The summed E-state index contributed by atoms with van der Waals surface area (Å²) in [6, 6.07) is 8.64. The molecule has 0 saturated carbocycles. The van der Waals surface area contributed by atoms with Gasteiger partial charge in [0.2, 0.25) is 0 Å². The van der Waals surface area contributed by atoms with Gasteiger partial charge in [0, 0.05) is 34.9 Å². The number of hydrogen-bond donors (Lipinski definition) is 0. The maximum atomic E-state index is 4.22. The topological polar surface area (TPSA) is 30.7 Å². The van der Waals surface area contributed by atoms with Crippen LogP contribution in [0, 0.1) is 0 Å². The van der Waals surface area contributed by atoms with Crippen LogP contribution < -0.4 is 0 Å². The molecular weight excluding hydrogens is 310 g/mol. The standard InChI is InChI=1S/C13H14BrN3S/c1-17-9-15-16-12(17)6-13(7-18-8-13)10-3-2-4-11(14)5-10/h2-5,9H,6-8H2,1H3. The van der Waals surface area contributed by atoms with Crippen LogP contribution in [0.4, 0.5) is 0 Å². The average Bonchev–Trinajstić information content (AvgIpc) is 2.69. The molecule has 3 nitrogen and oxygen atoms in total. The van der Waals surface area contributed by atoms with E-state index in [4.69, 9.17) is 0 Å². The molecule has 0 amide bonds. The average molecular weight is 324 g/mol. The van der Waals surface area contributed by atoms with Crippen molar-refractivity contribution in [1.82, 2.24) is 14.8 Å². The summed E-state index contributed by atoms with van der Waals surface area (Å²) in [5.74, 6) is 3.39. The van der Waals surface area contributed by atoms with E-state index in [0.717, 1.165) is 28.2 Å². The monoisotopic (exact) mass is 323 g/mol. The molecule has 0 bridgehead atoms. The molecule has 0 spiro atoms. The fraction of sp³-hybridized carbons (Fsp3) is 0.385. The summed E-state index contributed by atoms with van der Waals surface area (Å²) in [6.45, 7) is 0. The summed E-state index contributed by atoms with van der Waals surface area (Å²) in [4.78, 5) is 0. The van der Waals surface area contributed by atoms with Gasteiger partial charge in [0.1, 0.15) is 12.2 Å². The number of thioether (sulfide) groups is 1. The Morgan fingerprint density at radius 3 is 2.83 bits per heavy atom. The minimum absolute atomic E-state index is 0.231. The molecule has 0 radical (unpaired) electrons. The van der Waals surface area contributed by atoms with E-state index >= 15 is 0 Å². The van der Waals surface area contributed by atoms with Gasteiger partial charge >= 0.3 is 0 Å². The fourth-order valence-electron chi connectivity index (χ4n) is 2.31. The molecule has 18 heavy (non-hydrogen) atoms. The van der Waals surface area contributed by atoms with Crippen LogP contribution in [0.5, 0.6) is 0 Å². The third kappa shape index (κ3) is 2.10. The van der Waals surface area contributed by atoms with Crippen LogP contribution in [0.3, 0.4) is 0 Å². The second kappa shape index (κ2) is 4.70. The molecule has 3 rings (SSSR count). The van der Waals surface area contributed by atoms with Gasteiger partial charge in [-0.2, -0.15) is 11.8 Å². The quantitative estimate of drug-likeness (QED) is 0.870. The Hall–Kier alpha value is -0.810. The SMILES string of the molecule is Cn1cnnc1CC1(c2cccc(Br)c2)CSC1. The van der Waals surface area contributed by atoms with E-state index in [1.807, 2.05) is 23.4 Å². The van der Waals surface area contributed by atoms with Gasteiger partial charge in [-0.15, -0.1) is 10.2 Å². The number of aromatic nitrogens is 3. The highest BCUT2D eigenvalue weighted by atomic mass is 79.9. The molecular formula is C13H14BrN3S. The summed E-state index contributed by atoms with van der Waals surface area (Å²) < 4.78 is 3.16. The first-order valence-corrected chi connectivity index (χ1v) is 7.81. The van der Waals surface area contributed by atoms with Crippen molar-refractivity contribution in [2.45, 2.75) is 11.8 Å². The fourth-order valence-corrected chi connectivity index (χ4v) is 3.94. The highest BCUT2D eigenvalue weighted by molar-refractivity contribution is 9.10. The first kappa shape index (κ1) is 12.2. The third-order valence-electron chi connectivity index (χ3n) is 3.50. The molecule has 0 atom stereocenters. The number of benzene rings is 1. The summed E-state index contributed by atoms with van der Waals surface area (Å²) in [5, 5.41) is 8.19. The van der Waals surface area contributed by atoms with Crippen molar-refractivity contribution in [1.29, 1.82) is 0 Å². The molecule has 1 aliphatic heterocycles. The summed E-state index contributed by atoms with van der Waals surface area (Å²) in [5.41, 5.74) is 1.63. The van der Waals surface area contributed by atoms with Crippen LogP contribution >= 0.6 is 27.7 Å². The van der Waals surface area contributed by atoms with Crippen LogP contribution in [-0.2, 0) is 18.9 Å². The molecule has 1 saturated heterocycles. The zero-order valence-electron chi connectivity index (χ0n) is 10.1. The first-order valence-electron chi connectivity index (χ1n) is 5.86. The third-order valence-corrected chi connectivity index (χ3v) is 5.50. The number of rotatable bonds is 3. The van der Waals surface area contributed by atoms with Crippen LogP contribution in [0.2, 0.25) is 0 Å². The Morgan fingerprint density at radius 2 is 2.28 bits per heavy atom. The maximum absolute atomic E-state index is 4.22. The molecule has 1 aromatic carbocycles. The second-order valence-electron chi connectivity index (χ2n) is 4.82. The van der Waals surface area contributed by atoms with Gasteiger partial charge in [-0.05, 0) is 17.7 Å². The number of aryl methyl sites for hydroxylation is 1. The summed E-state index contributed by atoms with van der Waals surface area (Å²) >= 11 is 5.56. The lowest BCUT2D eigenvalue weighted by Gasteiger charge is -2.41. The molecule has 1 aromatic heterocycles. The Balaban J connectivity index is 1.93. The van der Waals surface area contributed by atoms with Gasteiger partial charge in [0.05, 0.1) is 0 Å². The largest absolute Gasteiger partial charge is 0.321 e. The molecule has 94 valence electrons. The highest BCUT2D eigenvalue weighted by Crippen LogP contribution is 2.43.